The molecule has 0 radical (unpaired) electrons. The maximum atomic E-state index is 14.2. The first-order chi connectivity index (χ1) is 14.1. The quantitative estimate of drug-likeness (QED) is 0.545. The third kappa shape index (κ3) is 5.51. The molecule has 29 heavy (non-hydrogen) atoms. The smallest absolute Gasteiger partial charge is 0.224 e. The van der Waals surface area contributed by atoms with Gasteiger partial charge in [-0.15, -0.1) is 0 Å². The lowest BCUT2D eigenvalue weighted by Crippen LogP contribution is -2.14. The average molecular weight is 395 g/mol. The van der Waals surface area contributed by atoms with Gasteiger partial charge in [-0.25, -0.2) is 9.07 Å². The van der Waals surface area contributed by atoms with Crippen molar-refractivity contribution in [1.82, 2.24) is 9.78 Å². The summed E-state index contributed by atoms with van der Waals surface area (Å²) in [5, 5.41) is 6.59. The number of anilines is 1. The second-order valence-electron chi connectivity index (χ2n) is 6.46. The molecule has 0 saturated heterocycles. The predicted octanol–water partition coefficient (Wildman–Crippen LogP) is 4.40. The molecule has 0 bridgehead atoms. The molecule has 3 aromatic rings. The molecule has 0 aliphatic heterocycles. The van der Waals surface area contributed by atoms with E-state index in [4.69, 9.17) is 4.74 Å². The van der Waals surface area contributed by atoms with Crippen LogP contribution in [0.15, 0.2) is 60.9 Å². The van der Waals surface area contributed by atoms with Crippen molar-refractivity contribution in [3.63, 3.8) is 0 Å². The summed E-state index contributed by atoms with van der Waals surface area (Å²) in [5.74, 6) is -0.287. The maximum absolute atomic E-state index is 14.2. The van der Waals surface area contributed by atoms with Gasteiger partial charge in [0.2, 0.25) is 5.91 Å². The number of nitrogens with one attached hydrogen (secondary N) is 1. The predicted molar refractivity (Wildman–Crippen MR) is 108 cm³/mol. The monoisotopic (exact) mass is 395 g/mol. The van der Waals surface area contributed by atoms with E-state index in [9.17, 15) is 14.0 Å². The molecule has 0 aliphatic carbocycles. The molecule has 1 N–H and O–H groups in total. The Labute approximate surface area is 168 Å². The number of carbonyl (C=O) groups excluding carboxylic acids is 2. The van der Waals surface area contributed by atoms with Gasteiger partial charge in [-0.3, -0.25) is 9.59 Å². The number of Topliss-reactive ketones (excluding diaryl/α,β-unsaturated/α-hetero) is 1. The number of hydrogen-bond acceptors (Lipinski definition) is 4. The molecule has 6 nitrogen and oxygen atoms in total. The van der Waals surface area contributed by atoms with Crippen LogP contribution in [0.25, 0.3) is 5.69 Å². The maximum Gasteiger partial charge on any atom is 0.224 e. The Bertz CT molecular complexity index is 969. The molecule has 1 heterocycles. The van der Waals surface area contributed by atoms with Crippen LogP contribution in [-0.4, -0.2) is 28.1 Å². The Morgan fingerprint density at radius 2 is 1.93 bits per heavy atom. The number of amides is 1. The number of carbonyl (C=O) groups is 2. The molecule has 0 atom stereocenters. The van der Waals surface area contributed by atoms with Crippen LogP contribution >= 0.6 is 0 Å². The average Bonchev–Trinajstić information content (AvgIpc) is 3.25. The molecule has 150 valence electrons. The van der Waals surface area contributed by atoms with E-state index >= 15 is 0 Å². The van der Waals surface area contributed by atoms with Crippen LogP contribution in [0.2, 0.25) is 0 Å². The van der Waals surface area contributed by atoms with Crippen molar-refractivity contribution in [3.05, 3.63) is 72.3 Å². The van der Waals surface area contributed by atoms with Gasteiger partial charge >= 0.3 is 0 Å². The molecule has 0 fully saturated rings. The fraction of sp³-hybridized carbons (Fsp3) is 0.227. The summed E-state index contributed by atoms with van der Waals surface area (Å²) in [4.78, 5) is 24.4. The van der Waals surface area contributed by atoms with Gasteiger partial charge < -0.3 is 10.1 Å². The normalized spacial score (nSPS) is 10.6. The molecule has 3 rings (SSSR count). The molecular formula is C22H22FN3O3. The largest absolute Gasteiger partial charge is 0.494 e. The van der Waals surface area contributed by atoms with Crippen molar-refractivity contribution >= 4 is 17.4 Å². The lowest BCUT2D eigenvalue weighted by Gasteiger charge is -2.08. The van der Waals surface area contributed by atoms with E-state index in [1.165, 1.54) is 16.8 Å². The summed E-state index contributed by atoms with van der Waals surface area (Å²) >= 11 is 0. The summed E-state index contributed by atoms with van der Waals surface area (Å²) in [6, 6.07) is 12.9. The number of benzene rings is 2. The molecule has 2 aromatic carbocycles. The van der Waals surface area contributed by atoms with Crippen molar-refractivity contribution in [1.29, 1.82) is 0 Å². The van der Waals surface area contributed by atoms with Gasteiger partial charge in [-0.1, -0.05) is 6.92 Å². The number of rotatable bonds is 9. The molecule has 1 aromatic heterocycles. The first-order valence-corrected chi connectivity index (χ1v) is 9.42. The van der Waals surface area contributed by atoms with Gasteiger partial charge in [0.1, 0.15) is 11.4 Å². The highest BCUT2D eigenvalue weighted by atomic mass is 19.1. The number of halogens is 1. The van der Waals surface area contributed by atoms with E-state index in [2.05, 4.69) is 10.4 Å². The number of ether oxygens (including phenoxy) is 1. The zero-order valence-electron chi connectivity index (χ0n) is 16.1. The fourth-order valence-electron chi connectivity index (χ4n) is 2.73. The van der Waals surface area contributed by atoms with Crippen LogP contribution in [0.3, 0.4) is 0 Å². The number of nitrogens with zero attached hydrogens (tertiary/aromatic N) is 2. The Morgan fingerprint density at radius 3 is 2.59 bits per heavy atom. The summed E-state index contributed by atoms with van der Waals surface area (Å²) in [7, 11) is 0. The molecule has 0 spiro atoms. The SMILES string of the molecule is CCCOc1ccc(C(=O)CCC(=O)Nc2ccc(-n3cccn3)c(F)c2)cc1. The molecule has 0 unspecified atom stereocenters. The van der Waals surface area contributed by atoms with Gasteiger partial charge in [-0.05, 0) is 55.0 Å². The third-order valence-electron chi connectivity index (χ3n) is 4.21. The van der Waals surface area contributed by atoms with Crippen LogP contribution in [0.4, 0.5) is 10.1 Å². The van der Waals surface area contributed by atoms with E-state index in [1.807, 2.05) is 6.92 Å². The Morgan fingerprint density at radius 1 is 1.14 bits per heavy atom. The number of aromatic nitrogens is 2. The number of hydrogen-bond donors (Lipinski definition) is 1. The lowest BCUT2D eigenvalue weighted by molar-refractivity contribution is -0.116. The molecule has 7 heteroatoms. The Kier molecular flexibility index (Phi) is 6.73. The zero-order chi connectivity index (χ0) is 20.6. The standard InChI is InChI=1S/C22H22FN3O3/c1-2-14-29-18-7-4-16(5-8-18)21(27)10-11-22(28)25-17-6-9-20(19(23)15-17)26-13-3-12-24-26/h3-9,12-13,15H,2,10-11,14H2,1H3,(H,25,28). The highest BCUT2D eigenvalue weighted by molar-refractivity contribution is 6.00. The molecule has 1 amide bonds. The minimum Gasteiger partial charge on any atom is -0.494 e. The third-order valence-corrected chi connectivity index (χ3v) is 4.21. The Hall–Kier alpha value is -3.48. The van der Waals surface area contributed by atoms with E-state index in [1.54, 1.807) is 48.8 Å². The summed E-state index contributed by atoms with van der Waals surface area (Å²) in [6.45, 7) is 2.64. The van der Waals surface area contributed by atoms with Crippen molar-refractivity contribution in [2.75, 3.05) is 11.9 Å². The first-order valence-electron chi connectivity index (χ1n) is 9.42. The second-order valence-corrected chi connectivity index (χ2v) is 6.46. The Balaban J connectivity index is 1.52. The highest BCUT2D eigenvalue weighted by Gasteiger charge is 2.12. The first kappa shape index (κ1) is 20.3. The van der Waals surface area contributed by atoms with E-state index in [-0.39, 0.29) is 30.2 Å². The highest BCUT2D eigenvalue weighted by Crippen LogP contribution is 2.18. The minimum absolute atomic E-state index is 0.00937. The van der Waals surface area contributed by atoms with Crippen molar-refractivity contribution in [2.24, 2.45) is 0 Å². The van der Waals surface area contributed by atoms with Crippen molar-refractivity contribution < 1.29 is 18.7 Å². The molecule has 0 aliphatic rings. The van der Waals surface area contributed by atoms with Crippen LogP contribution in [0, 0.1) is 5.82 Å². The second kappa shape index (κ2) is 9.64. The van der Waals surface area contributed by atoms with Gasteiger partial charge in [0.25, 0.3) is 0 Å². The molecule has 0 saturated carbocycles. The zero-order valence-corrected chi connectivity index (χ0v) is 16.1. The van der Waals surface area contributed by atoms with Crippen LogP contribution in [0.5, 0.6) is 5.75 Å². The van der Waals surface area contributed by atoms with Crippen LogP contribution in [0.1, 0.15) is 36.5 Å². The van der Waals surface area contributed by atoms with Gasteiger partial charge in [0.15, 0.2) is 11.6 Å². The minimum atomic E-state index is -0.507. The van der Waals surface area contributed by atoms with Crippen molar-refractivity contribution in [3.8, 4) is 11.4 Å². The lowest BCUT2D eigenvalue weighted by atomic mass is 10.1. The van der Waals surface area contributed by atoms with E-state index in [0.29, 0.717) is 23.6 Å². The van der Waals surface area contributed by atoms with Gasteiger partial charge in [-0.2, -0.15) is 5.10 Å². The number of ketones is 1. The molecular weight excluding hydrogens is 373 g/mol. The van der Waals surface area contributed by atoms with Gasteiger partial charge in [0.05, 0.1) is 6.61 Å². The van der Waals surface area contributed by atoms with E-state index in [0.717, 1.165) is 6.42 Å². The summed E-state index contributed by atoms with van der Waals surface area (Å²) in [6.07, 6.45) is 4.17. The fourth-order valence-corrected chi connectivity index (χ4v) is 2.73. The van der Waals surface area contributed by atoms with Crippen LogP contribution < -0.4 is 10.1 Å². The summed E-state index contributed by atoms with van der Waals surface area (Å²) < 4.78 is 21.1. The van der Waals surface area contributed by atoms with Crippen molar-refractivity contribution in [2.45, 2.75) is 26.2 Å². The van der Waals surface area contributed by atoms with E-state index < -0.39 is 5.82 Å². The van der Waals surface area contributed by atoms with Crippen LogP contribution in [-0.2, 0) is 4.79 Å². The van der Waals surface area contributed by atoms with Gasteiger partial charge in [0, 0.05) is 36.5 Å². The summed E-state index contributed by atoms with van der Waals surface area (Å²) in [5.41, 5.74) is 1.14. The topological polar surface area (TPSA) is 73.2 Å².